The van der Waals surface area contributed by atoms with E-state index in [9.17, 15) is 5.11 Å². The lowest BCUT2D eigenvalue weighted by atomic mass is 10.3. The summed E-state index contributed by atoms with van der Waals surface area (Å²) < 4.78 is 0. The van der Waals surface area contributed by atoms with Crippen molar-refractivity contribution in [2.75, 3.05) is 5.75 Å². The first kappa shape index (κ1) is 11.4. The minimum Gasteiger partial charge on any atom is -0.388 e. The summed E-state index contributed by atoms with van der Waals surface area (Å²) in [7, 11) is 0. The van der Waals surface area contributed by atoms with Crippen molar-refractivity contribution in [3.63, 3.8) is 0 Å². The highest BCUT2D eigenvalue weighted by molar-refractivity contribution is 8.03. The molecule has 80 valence electrons. The fourth-order valence-electron chi connectivity index (χ4n) is 1.24. The Morgan fingerprint density at radius 1 is 1.25 bits per heavy atom. The van der Waals surface area contributed by atoms with E-state index in [1.165, 1.54) is 0 Å². The van der Waals surface area contributed by atoms with Crippen molar-refractivity contribution in [1.82, 2.24) is 0 Å². The van der Waals surface area contributed by atoms with Gasteiger partial charge in [0.1, 0.15) is 0 Å². The number of allylic oxidation sites excluding steroid dienone is 1. The quantitative estimate of drug-likeness (QED) is 0.710. The SMILES string of the molecule is CC#Cc1ccc(C#CC2=C[C@H](O)CS2)s1. The van der Waals surface area contributed by atoms with Crippen LogP contribution in [0.1, 0.15) is 16.7 Å². The number of rotatable bonds is 0. The van der Waals surface area contributed by atoms with Gasteiger partial charge in [0.25, 0.3) is 0 Å². The first-order valence-electron chi connectivity index (χ1n) is 4.85. The van der Waals surface area contributed by atoms with Crippen molar-refractivity contribution >= 4 is 23.1 Å². The molecule has 0 bridgehead atoms. The summed E-state index contributed by atoms with van der Waals surface area (Å²) in [5.74, 6) is 12.7. The molecular formula is C13H10OS2. The molecule has 0 aliphatic carbocycles. The molecule has 1 nitrogen and oxygen atoms in total. The smallest absolute Gasteiger partial charge is 0.0835 e. The Morgan fingerprint density at radius 2 is 2.00 bits per heavy atom. The van der Waals surface area contributed by atoms with Crippen molar-refractivity contribution in [3.05, 3.63) is 32.9 Å². The average Bonchev–Trinajstić information content (AvgIpc) is 2.85. The van der Waals surface area contributed by atoms with Crippen LogP contribution in [0.25, 0.3) is 0 Å². The third-order valence-corrected chi connectivity index (χ3v) is 3.89. The van der Waals surface area contributed by atoms with Gasteiger partial charge in [-0.3, -0.25) is 0 Å². The maximum Gasteiger partial charge on any atom is 0.0835 e. The molecule has 1 aromatic rings. The van der Waals surface area contributed by atoms with Gasteiger partial charge in [0.05, 0.1) is 20.8 Å². The topological polar surface area (TPSA) is 20.2 Å². The fraction of sp³-hybridized carbons (Fsp3) is 0.231. The molecular weight excluding hydrogens is 236 g/mol. The Kier molecular flexibility index (Phi) is 3.74. The van der Waals surface area contributed by atoms with E-state index in [2.05, 4.69) is 23.7 Å². The Bertz CT molecular complexity index is 532. The van der Waals surface area contributed by atoms with Crippen LogP contribution < -0.4 is 0 Å². The molecule has 0 aromatic carbocycles. The van der Waals surface area contributed by atoms with E-state index in [1.54, 1.807) is 29.2 Å². The number of aliphatic hydroxyl groups is 1. The predicted molar refractivity (Wildman–Crippen MR) is 70.3 cm³/mol. The Hall–Kier alpha value is -1.13. The minimum atomic E-state index is -0.334. The third-order valence-electron chi connectivity index (χ3n) is 1.92. The van der Waals surface area contributed by atoms with E-state index in [-0.39, 0.29) is 6.10 Å². The average molecular weight is 246 g/mol. The van der Waals surface area contributed by atoms with Gasteiger partial charge < -0.3 is 5.11 Å². The van der Waals surface area contributed by atoms with Crippen molar-refractivity contribution in [3.8, 4) is 23.7 Å². The summed E-state index contributed by atoms with van der Waals surface area (Å²) in [6, 6.07) is 3.96. The number of thiophene rings is 1. The van der Waals surface area contributed by atoms with Crippen molar-refractivity contribution in [2.24, 2.45) is 0 Å². The molecule has 1 aliphatic rings. The molecule has 2 heterocycles. The van der Waals surface area contributed by atoms with Gasteiger partial charge in [-0.1, -0.05) is 17.8 Å². The molecule has 16 heavy (non-hydrogen) atoms. The molecule has 2 rings (SSSR count). The lowest BCUT2D eigenvalue weighted by Crippen LogP contribution is -1.98. The van der Waals surface area contributed by atoms with E-state index >= 15 is 0 Å². The van der Waals surface area contributed by atoms with Crippen LogP contribution in [0.3, 0.4) is 0 Å². The lowest BCUT2D eigenvalue weighted by Gasteiger charge is -1.88. The molecule has 0 saturated heterocycles. The van der Waals surface area contributed by atoms with Gasteiger partial charge in [0, 0.05) is 5.75 Å². The summed E-state index contributed by atoms with van der Waals surface area (Å²) in [6.07, 6.45) is 1.47. The summed E-state index contributed by atoms with van der Waals surface area (Å²) in [6.45, 7) is 1.83. The zero-order valence-electron chi connectivity index (χ0n) is 8.78. The van der Waals surface area contributed by atoms with Crippen LogP contribution in [0.5, 0.6) is 0 Å². The second-order valence-electron chi connectivity index (χ2n) is 3.20. The Balaban J connectivity index is 2.11. The molecule has 0 radical (unpaired) electrons. The molecule has 0 saturated carbocycles. The van der Waals surface area contributed by atoms with Gasteiger partial charge in [-0.2, -0.15) is 0 Å². The van der Waals surface area contributed by atoms with E-state index in [4.69, 9.17) is 0 Å². The first-order chi connectivity index (χ1) is 7.78. The zero-order valence-corrected chi connectivity index (χ0v) is 10.4. The Morgan fingerprint density at radius 3 is 2.62 bits per heavy atom. The molecule has 0 spiro atoms. The molecule has 1 aromatic heterocycles. The van der Waals surface area contributed by atoms with E-state index < -0.39 is 0 Å². The lowest BCUT2D eigenvalue weighted by molar-refractivity contribution is 0.251. The highest BCUT2D eigenvalue weighted by atomic mass is 32.2. The highest BCUT2D eigenvalue weighted by Gasteiger charge is 2.11. The van der Waals surface area contributed by atoms with Crippen LogP contribution in [0, 0.1) is 23.7 Å². The van der Waals surface area contributed by atoms with Gasteiger partial charge in [-0.05, 0) is 25.1 Å². The second kappa shape index (κ2) is 5.27. The van der Waals surface area contributed by atoms with Gasteiger partial charge in [0.2, 0.25) is 0 Å². The van der Waals surface area contributed by atoms with E-state index in [0.717, 1.165) is 20.4 Å². The number of hydrogen-bond donors (Lipinski definition) is 1. The third kappa shape index (κ3) is 2.93. The monoisotopic (exact) mass is 246 g/mol. The largest absolute Gasteiger partial charge is 0.388 e. The fourth-order valence-corrected chi connectivity index (χ4v) is 2.83. The molecule has 1 aliphatic heterocycles. The van der Waals surface area contributed by atoms with Gasteiger partial charge in [0.15, 0.2) is 0 Å². The zero-order chi connectivity index (χ0) is 11.4. The van der Waals surface area contributed by atoms with Crippen molar-refractivity contribution in [1.29, 1.82) is 0 Å². The molecule has 0 unspecified atom stereocenters. The van der Waals surface area contributed by atoms with Gasteiger partial charge in [-0.15, -0.1) is 29.0 Å². The normalized spacial score (nSPS) is 18.1. The maximum absolute atomic E-state index is 9.29. The molecule has 3 heteroatoms. The number of hydrogen-bond acceptors (Lipinski definition) is 3. The number of thioether (sulfide) groups is 1. The van der Waals surface area contributed by atoms with Crippen LogP contribution in [0.2, 0.25) is 0 Å². The summed E-state index contributed by atoms with van der Waals surface area (Å²) in [4.78, 5) is 3.02. The van der Waals surface area contributed by atoms with Crippen molar-refractivity contribution < 1.29 is 5.11 Å². The van der Waals surface area contributed by atoms with Crippen molar-refractivity contribution in [2.45, 2.75) is 13.0 Å². The predicted octanol–water partition coefficient (Wildman–Crippen LogP) is 2.46. The highest BCUT2D eigenvalue weighted by Crippen LogP contribution is 2.24. The van der Waals surface area contributed by atoms with Crippen LogP contribution in [-0.2, 0) is 0 Å². The molecule has 1 N–H and O–H groups in total. The van der Waals surface area contributed by atoms with Crippen LogP contribution in [0.4, 0.5) is 0 Å². The number of aliphatic hydroxyl groups excluding tert-OH is 1. The van der Waals surface area contributed by atoms with Gasteiger partial charge in [-0.25, -0.2) is 0 Å². The molecule has 1 atom stereocenters. The summed E-state index contributed by atoms with van der Waals surface area (Å²) in [5.41, 5.74) is 0. The second-order valence-corrected chi connectivity index (χ2v) is 5.34. The standard InChI is InChI=1S/C13H10OS2/c1-2-3-11-4-5-12(16-11)6-7-13-8-10(14)9-15-13/h4-5,8,10,14H,9H2,1H3/t10-/m0/s1. The van der Waals surface area contributed by atoms with E-state index in [0.29, 0.717) is 0 Å². The molecule has 0 fully saturated rings. The minimum absolute atomic E-state index is 0.334. The summed E-state index contributed by atoms with van der Waals surface area (Å²) in [5, 5.41) is 9.29. The Labute approximate surface area is 104 Å². The summed E-state index contributed by atoms with van der Waals surface area (Å²) >= 11 is 3.20. The van der Waals surface area contributed by atoms with E-state index in [1.807, 2.05) is 19.1 Å². The van der Waals surface area contributed by atoms with Crippen LogP contribution >= 0.6 is 23.1 Å². The van der Waals surface area contributed by atoms with Crippen LogP contribution in [-0.4, -0.2) is 17.0 Å². The van der Waals surface area contributed by atoms with Crippen LogP contribution in [0.15, 0.2) is 23.1 Å². The first-order valence-corrected chi connectivity index (χ1v) is 6.65. The maximum atomic E-state index is 9.29. The molecule has 0 amide bonds. The van der Waals surface area contributed by atoms with Gasteiger partial charge >= 0.3 is 0 Å².